The van der Waals surface area contributed by atoms with Gasteiger partial charge in [-0.25, -0.2) is 0 Å². The maximum Gasteiger partial charge on any atom is 0.322 e. The zero-order chi connectivity index (χ0) is 17.4. The molecule has 2 amide bonds. The summed E-state index contributed by atoms with van der Waals surface area (Å²) in [6.45, 7) is -1.31. The van der Waals surface area contributed by atoms with Crippen LogP contribution in [0.1, 0.15) is 5.56 Å². The van der Waals surface area contributed by atoms with Gasteiger partial charge in [0, 0.05) is 0 Å². The van der Waals surface area contributed by atoms with E-state index in [4.69, 9.17) is 15.9 Å². The molecular weight excluding hydrogens is 306 g/mol. The predicted molar refractivity (Wildman–Crippen MR) is 79.4 cm³/mol. The number of aliphatic hydroxyl groups excluding tert-OH is 1. The van der Waals surface area contributed by atoms with Gasteiger partial charge in [0.05, 0.1) is 12.6 Å². The number of carbonyl (C=O) groups is 3. The number of aliphatic hydroxyl groups is 1. The molecular formula is C14H19N3O6. The minimum Gasteiger partial charge on any atom is -0.508 e. The molecule has 2 unspecified atom stereocenters. The third-order valence-electron chi connectivity index (χ3n) is 2.96. The van der Waals surface area contributed by atoms with Gasteiger partial charge in [0.25, 0.3) is 0 Å². The Bertz CT molecular complexity index is 560. The first-order valence-electron chi connectivity index (χ1n) is 6.77. The van der Waals surface area contributed by atoms with E-state index >= 15 is 0 Å². The maximum atomic E-state index is 11.9. The summed E-state index contributed by atoms with van der Waals surface area (Å²) in [7, 11) is 0. The number of hydrogen-bond acceptors (Lipinski definition) is 6. The second kappa shape index (κ2) is 8.71. The van der Waals surface area contributed by atoms with Crippen molar-refractivity contribution in [1.29, 1.82) is 0 Å². The molecule has 9 nitrogen and oxygen atoms in total. The van der Waals surface area contributed by atoms with E-state index < -0.39 is 43.0 Å². The lowest BCUT2D eigenvalue weighted by Crippen LogP contribution is -2.54. The summed E-state index contributed by atoms with van der Waals surface area (Å²) in [5.41, 5.74) is 6.44. The highest BCUT2D eigenvalue weighted by atomic mass is 16.4. The standard InChI is InChI=1S/C14H19N3O6/c15-10(5-8-1-3-9(19)4-2-8)13(22)17-11(7-18)14(23)16-6-12(20)21/h1-4,10-11,18-19H,5-7,15H2,(H,16,23)(H,17,22)(H,20,21). The predicted octanol–water partition coefficient (Wildman–Crippen LogP) is -2.06. The number of carboxylic acids is 1. The molecule has 0 radical (unpaired) electrons. The van der Waals surface area contributed by atoms with Gasteiger partial charge >= 0.3 is 5.97 Å². The number of aromatic hydroxyl groups is 1. The fourth-order valence-electron chi connectivity index (χ4n) is 1.74. The number of aliphatic carboxylic acids is 1. The van der Waals surface area contributed by atoms with Gasteiger partial charge < -0.3 is 31.7 Å². The van der Waals surface area contributed by atoms with Crippen LogP contribution in [0.25, 0.3) is 0 Å². The first kappa shape index (κ1) is 18.4. The van der Waals surface area contributed by atoms with Crippen molar-refractivity contribution in [1.82, 2.24) is 10.6 Å². The normalized spacial score (nSPS) is 13.0. The van der Waals surface area contributed by atoms with Gasteiger partial charge in [-0.05, 0) is 24.1 Å². The number of carboxylic acid groups (broad SMARTS) is 1. The fourth-order valence-corrected chi connectivity index (χ4v) is 1.74. The van der Waals surface area contributed by atoms with Crippen molar-refractivity contribution in [3.63, 3.8) is 0 Å². The van der Waals surface area contributed by atoms with Crippen LogP contribution in [0.3, 0.4) is 0 Å². The van der Waals surface area contributed by atoms with Gasteiger partial charge in [0.15, 0.2) is 0 Å². The number of phenolic OH excluding ortho intramolecular Hbond substituents is 1. The van der Waals surface area contributed by atoms with Gasteiger partial charge in [0.2, 0.25) is 11.8 Å². The highest BCUT2D eigenvalue weighted by molar-refractivity contribution is 5.91. The number of carbonyl (C=O) groups excluding carboxylic acids is 2. The monoisotopic (exact) mass is 325 g/mol. The zero-order valence-electron chi connectivity index (χ0n) is 12.2. The molecule has 0 heterocycles. The van der Waals surface area contributed by atoms with Crippen LogP contribution < -0.4 is 16.4 Å². The fraction of sp³-hybridized carbons (Fsp3) is 0.357. The van der Waals surface area contributed by atoms with E-state index in [-0.39, 0.29) is 12.2 Å². The Morgan fingerprint density at radius 3 is 2.26 bits per heavy atom. The minimum absolute atomic E-state index is 0.0854. The SMILES string of the molecule is NC(Cc1ccc(O)cc1)C(=O)NC(CO)C(=O)NCC(=O)O. The molecule has 7 N–H and O–H groups in total. The molecule has 0 aliphatic heterocycles. The van der Waals surface area contributed by atoms with E-state index in [1.807, 2.05) is 0 Å². The molecule has 0 bridgehead atoms. The quantitative estimate of drug-likeness (QED) is 0.320. The van der Waals surface area contributed by atoms with Gasteiger partial charge in [0.1, 0.15) is 18.3 Å². The first-order chi connectivity index (χ1) is 10.8. The van der Waals surface area contributed by atoms with E-state index in [1.165, 1.54) is 12.1 Å². The molecule has 0 saturated heterocycles. The summed E-state index contributed by atoms with van der Waals surface area (Å²) >= 11 is 0. The van der Waals surface area contributed by atoms with Gasteiger partial charge in [-0.15, -0.1) is 0 Å². The average Bonchev–Trinajstić information content (AvgIpc) is 2.52. The highest BCUT2D eigenvalue weighted by Crippen LogP contribution is 2.10. The summed E-state index contributed by atoms with van der Waals surface area (Å²) in [6.07, 6.45) is 0.168. The Kier molecular flexibility index (Phi) is 6.97. The second-order valence-corrected chi connectivity index (χ2v) is 4.83. The lowest BCUT2D eigenvalue weighted by molar-refractivity contribution is -0.138. The Morgan fingerprint density at radius 1 is 1.13 bits per heavy atom. The molecule has 1 aromatic rings. The van der Waals surface area contributed by atoms with Crippen LogP contribution in [0.5, 0.6) is 5.75 Å². The molecule has 1 rings (SSSR count). The first-order valence-corrected chi connectivity index (χ1v) is 6.77. The topological polar surface area (TPSA) is 162 Å². The lowest BCUT2D eigenvalue weighted by Gasteiger charge is -2.18. The van der Waals surface area contributed by atoms with Crippen molar-refractivity contribution in [3.05, 3.63) is 29.8 Å². The molecule has 0 spiro atoms. The Morgan fingerprint density at radius 2 is 1.74 bits per heavy atom. The van der Waals surface area contributed by atoms with Crippen LogP contribution in [0, 0.1) is 0 Å². The van der Waals surface area contributed by atoms with Crippen molar-refractivity contribution >= 4 is 17.8 Å². The molecule has 0 fully saturated rings. The van der Waals surface area contributed by atoms with E-state index in [0.717, 1.165) is 0 Å². The van der Waals surface area contributed by atoms with Crippen LogP contribution in [-0.4, -0.2) is 58.3 Å². The Hall–Kier alpha value is -2.65. The number of hydrogen-bond donors (Lipinski definition) is 6. The lowest BCUT2D eigenvalue weighted by atomic mass is 10.1. The molecule has 0 aliphatic rings. The summed E-state index contributed by atoms with van der Waals surface area (Å²) in [6, 6.07) is 3.86. The van der Waals surface area contributed by atoms with Crippen LogP contribution in [0.15, 0.2) is 24.3 Å². The summed E-state index contributed by atoms with van der Waals surface area (Å²) < 4.78 is 0. The van der Waals surface area contributed by atoms with Gasteiger partial charge in [-0.1, -0.05) is 12.1 Å². The van der Waals surface area contributed by atoms with Crippen LogP contribution in [0.2, 0.25) is 0 Å². The Balaban J connectivity index is 2.55. The summed E-state index contributed by atoms with van der Waals surface area (Å²) in [4.78, 5) is 33.9. The van der Waals surface area contributed by atoms with Crippen molar-refractivity contribution < 1.29 is 29.7 Å². The van der Waals surface area contributed by atoms with E-state index in [2.05, 4.69) is 10.6 Å². The van der Waals surface area contributed by atoms with Crippen LogP contribution >= 0.6 is 0 Å². The number of nitrogens with two attached hydrogens (primary N) is 1. The number of benzene rings is 1. The van der Waals surface area contributed by atoms with Crippen molar-refractivity contribution in [2.24, 2.45) is 5.73 Å². The molecule has 0 saturated carbocycles. The maximum absolute atomic E-state index is 11.9. The molecule has 126 valence electrons. The molecule has 9 heteroatoms. The summed E-state index contributed by atoms with van der Waals surface area (Å²) in [5.74, 6) is -2.64. The number of amides is 2. The smallest absolute Gasteiger partial charge is 0.322 e. The second-order valence-electron chi connectivity index (χ2n) is 4.83. The number of nitrogens with one attached hydrogen (secondary N) is 2. The van der Waals surface area contributed by atoms with Crippen molar-refractivity contribution in [2.45, 2.75) is 18.5 Å². The van der Waals surface area contributed by atoms with Gasteiger partial charge in [-0.3, -0.25) is 14.4 Å². The van der Waals surface area contributed by atoms with Gasteiger partial charge in [-0.2, -0.15) is 0 Å². The minimum atomic E-state index is -1.28. The van der Waals surface area contributed by atoms with Crippen molar-refractivity contribution in [3.8, 4) is 5.75 Å². The molecule has 1 aromatic carbocycles. The van der Waals surface area contributed by atoms with E-state index in [1.54, 1.807) is 12.1 Å². The highest BCUT2D eigenvalue weighted by Gasteiger charge is 2.23. The summed E-state index contributed by atoms with van der Waals surface area (Å²) in [5, 5.41) is 31.1. The number of rotatable bonds is 8. The third-order valence-corrected chi connectivity index (χ3v) is 2.96. The average molecular weight is 325 g/mol. The molecule has 23 heavy (non-hydrogen) atoms. The zero-order valence-corrected chi connectivity index (χ0v) is 12.2. The largest absolute Gasteiger partial charge is 0.508 e. The molecule has 2 atom stereocenters. The third kappa shape index (κ3) is 6.32. The van der Waals surface area contributed by atoms with Crippen LogP contribution in [0.4, 0.5) is 0 Å². The number of phenols is 1. The Labute approximate surface area is 132 Å². The van der Waals surface area contributed by atoms with E-state index in [9.17, 15) is 19.5 Å². The van der Waals surface area contributed by atoms with E-state index in [0.29, 0.717) is 5.56 Å². The molecule has 0 aromatic heterocycles. The van der Waals surface area contributed by atoms with Crippen molar-refractivity contribution in [2.75, 3.05) is 13.2 Å². The van der Waals surface area contributed by atoms with Crippen LogP contribution in [-0.2, 0) is 20.8 Å². The molecule has 0 aliphatic carbocycles.